The van der Waals surface area contributed by atoms with Crippen molar-refractivity contribution in [1.29, 1.82) is 0 Å². The number of ether oxygens (including phenoxy) is 1. The molecule has 4 aromatic rings. The van der Waals surface area contributed by atoms with Gasteiger partial charge in [0.25, 0.3) is 11.7 Å². The molecule has 1 unspecified atom stereocenters. The average Bonchev–Trinajstić information content (AvgIpc) is 3.37. The molecule has 1 atom stereocenters. The number of halogens is 2. The van der Waals surface area contributed by atoms with Crippen molar-refractivity contribution in [3.05, 3.63) is 100 Å². The number of hydrogen-bond donors (Lipinski definition) is 2. The predicted octanol–water partition coefficient (Wildman–Crippen LogP) is 5.60. The molecule has 2 heterocycles. The summed E-state index contributed by atoms with van der Waals surface area (Å²) < 4.78 is 19.5. The predicted molar refractivity (Wildman–Crippen MR) is 127 cm³/mol. The van der Waals surface area contributed by atoms with E-state index in [0.717, 1.165) is 10.9 Å². The molecule has 5 rings (SSSR count). The SMILES string of the molecule is COc1ccc(Cl)cc1/C(O)=C1\C(=O)C(=O)N(c2cccc(F)c2)C1c1c[nH]c2ccccc12. The van der Waals surface area contributed by atoms with Gasteiger partial charge in [0.1, 0.15) is 17.3 Å². The lowest BCUT2D eigenvalue weighted by Gasteiger charge is -2.25. The topological polar surface area (TPSA) is 82.6 Å². The van der Waals surface area contributed by atoms with Crippen LogP contribution >= 0.6 is 11.6 Å². The first kappa shape index (κ1) is 21.7. The van der Waals surface area contributed by atoms with Gasteiger partial charge in [0, 0.05) is 33.4 Å². The van der Waals surface area contributed by atoms with Gasteiger partial charge >= 0.3 is 0 Å². The average molecular weight is 477 g/mol. The van der Waals surface area contributed by atoms with Crippen LogP contribution in [0.5, 0.6) is 5.75 Å². The van der Waals surface area contributed by atoms with Crippen LogP contribution in [-0.4, -0.2) is 28.9 Å². The number of aromatic nitrogens is 1. The molecule has 0 aliphatic carbocycles. The van der Waals surface area contributed by atoms with Gasteiger partial charge in [-0.05, 0) is 42.5 Å². The molecule has 0 radical (unpaired) electrons. The molecule has 1 aliphatic heterocycles. The first-order valence-electron chi connectivity index (χ1n) is 10.4. The fraction of sp³-hybridized carbons (Fsp3) is 0.0769. The van der Waals surface area contributed by atoms with E-state index in [-0.39, 0.29) is 22.6 Å². The fourth-order valence-electron chi connectivity index (χ4n) is 4.35. The lowest BCUT2D eigenvalue weighted by molar-refractivity contribution is -0.132. The van der Waals surface area contributed by atoms with Gasteiger partial charge in [-0.15, -0.1) is 0 Å². The number of hydrogen-bond acceptors (Lipinski definition) is 4. The minimum absolute atomic E-state index is 0.153. The summed E-state index contributed by atoms with van der Waals surface area (Å²) in [6.07, 6.45) is 1.68. The molecule has 3 aromatic carbocycles. The quantitative estimate of drug-likeness (QED) is 0.228. The van der Waals surface area contributed by atoms with Crippen LogP contribution in [0.25, 0.3) is 16.7 Å². The Morgan fingerprint density at radius 3 is 2.65 bits per heavy atom. The molecule has 1 aliphatic rings. The number of aromatic amines is 1. The van der Waals surface area contributed by atoms with E-state index in [2.05, 4.69) is 4.98 Å². The third kappa shape index (κ3) is 3.41. The number of methoxy groups -OCH3 is 1. The van der Waals surface area contributed by atoms with Crippen molar-refractivity contribution in [3.8, 4) is 5.75 Å². The Bertz CT molecular complexity index is 1490. The highest BCUT2D eigenvalue weighted by Crippen LogP contribution is 2.45. The summed E-state index contributed by atoms with van der Waals surface area (Å²) in [7, 11) is 1.42. The van der Waals surface area contributed by atoms with Gasteiger partial charge in [-0.2, -0.15) is 0 Å². The second kappa shape index (κ2) is 8.35. The molecule has 0 bridgehead atoms. The van der Waals surface area contributed by atoms with Crippen molar-refractivity contribution in [1.82, 2.24) is 4.98 Å². The summed E-state index contributed by atoms with van der Waals surface area (Å²) in [5.41, 5.74) is 1.55. The number of rotatable bonds is 4. The van der Waals surface area contributed by atoms with Crippen molar-refractivity contribution in [2.45, 2.75) is 6.04 Å². The van der Waals surface area contributed by atoms with Gasteiger partial charge in [-0.1, -0.05) is 35.9 Å². The lowest BCUT2D eigenvalue weighted by Crippen LogP contribution is -2.29. The minimum atomic E-state index is -1.03. The van der Waals surface area contributed by atoms with Crippen molar-refractivity contribution in [2.24, 2.45) is 0 Å². The second-order valence-electron chi connectivity index (χ2n) is 7.78. The number of aliphatic hydroxyl groups is 1. The Balaban J connectivity index is 1.82. The van der Waals surface area contributed by atoms with Gasteiger partial charge in [-0.3, -0.25) is 14.5 Å². The third-order valence-corrected chi connectivity index (χ3v) is 6.10. The molecular formula is C26H18ClFN2O4. The first-order valence-corrected chi connectivity index (χ1v) is 10.7. The molecule has 0 spiro atoms. The number of amides is 1. The number of fused-ring (bicyclic) bond motifs is 1. The number of ketones is 1. The Labute approximate surface area is 198 Å². The van der Waals surface area contributed by atoms with Crippen LogP contribution in [0, 0.1) is 5.82 Å². The monoisotopic (exact) mass is 476 g/mol. The summed E-state index contributed by atoms with van der Waals surface area (Å²) in [6.45, 7) is 0. The van der Waals surface area contributed by atoms with E-state index >= 15 is 0 Å². The molecule has 170 valence electrons. The van der Waals surface area contributed by atoms with Crippen LogP contribution in [0.1, 0.15) is 17.2 Å². The van der Waals surface area contributed by atoms with E-state index < -0.39 is 29.3 Å². The summed E-state index contributed by atoms with van der Waals surface area (Å²) in [4.78, 5) is 30.9. The second-order valence-corrected chi connectivity index (χ2v) is 8.22. The highest BCUT2D eigenvalue weighted by molar-refractivity contribution is 6.52. The Morgan fingerprint density at radius 1 is 1.09 bits per heavy atom. The largest absolute Gasteiger partial charge is 0.507 e. The maximum Gasteiger partial charge on any atom is 0.300 e. The van der Waals surface area contributed by atoms with Crippen molar-refractivity contribution in [3.63, 3.8) is 0 Å². The number of anilines is 1. The van der Waals surface area contributed by atoms with E-state index in [1.807, 2.05) is 24.3 Å². The summed E-state index contributed by atoms with van der Waals surface area (Å²) in [6, 6.07) is 16.4. The minimum Gasteiger partial charge on any atom is -0.507 e. The fourth-order valence-corrected chi connectivity index (χ4v) is 4.52. The number of Topliss-reactive ketones (excluding diaryl/α,β-unsaturated/α-hetero) is 1. The summed E-state index contributed by atoms with van der Waals surface area (Å²) in [5.74, 6) is -2.51. The van der Waals surface area contributed by atoms with Crippen LogP contribution < -0.4 is 9.64 Å². The highest BCUT2D eigenvalue weighted by Gasteiger charge is 2.48. The maximum absolute atomic E-state index is 14.1. The van der Waals surface area contributed by atoms with Gasteiger partial charge < -0.3 is 14.8 Å². The number of nitrogens with zero attached hydrogens (tertiary/aromatic N) is 1. The van der Waals surface area contributed by atoms with E-state index in [4.69, 9.17) is 16.3 Å². The Hall–Kier alpha value is -4.10. The summed E-state index contributed by atoms with van der Waals surface area (Å²) >= 11 is 6.15. The third-order valence-electron chi connectivity index (χ3n) is 5.86. The Morgan fingerprint density at radius 2 is 1.88 bits per heavy atom. The Kier molecular flexibility index (Phi) is 5.34. The van der Waals surface area contributed by atoms with E-state index in [1.165, 1.54) is 42.3 Å². The number of benzene rings is 3. The summed E-state index contributed by atoms with van der Waals surface area (Å²) in [5, 5.41) is 12.4. The smallest absolute Gasteiger partial charge is 0.300 e. The molecule has 0 saturated carbocycles. The van der Waals surface area contributed by atoms with Gasteiger partial charge in [-0.25, -0.2) is 4.39 Å². The van der Waals surface area contributed by atoms with E-state index in [9.17, 15) is 19.1 Å². The van der Waals surface area contributed by atoms with Crippen molar-refractivity contribution in [2.75, 3.05) is 12.0 Å². The number of carbonyl (C=O) groups is 2. The molecule has 1 aromatic heterocycles. The molecule has 34 heavy (non-hydrogen) atoms. The maximum atomic E-state index is 14.1. The number of aliphatic hydroxyl groups excluding tert-OH is 1. The lowest BCUT2D eigenvalue weighted by atomic mass is 9.94. The van der Waals surface area contributed by atoms with E-state index in [1.54, 1.807) is 18.3 Å². The number of carbonyl (C=O) groups excluding carboxylic acids is 2. The van der Waals surface area contributed by atoms with Crippen LogP contribution in [0.3, 0.4) is 0 Å². The van der Waals surface area contributed by atoms with E-state index in [0.29, 0.717) is 10.6 Å². The van der Waals surface area contributed by atoms with Crippen LogP contribution in [-0.2, 0) is 9.59 Å². The number of para-hydroxylation sites is 1. The van der Waals surface area contributed by atoms with Crippen LogP contribution in [0.15, 0.2) is 78.5 Å². The van der Waals surface area contributed by atoms with Crippen molar-refractivity contribution < 1.29 is 23.8 Å². The van der Waals surface area contributed by atoms with Gasteiger partial charge in [0.15, 0.2) is 0 Å². The van der Waals surface area contributed by atoms with Gasteiger partial charge in [0.05, 0.1) is 24.3 Å². The molecule has 8 heteroatoms. The number of H-pyrrole nitrogens is 1. The van der Waals surface area contributed by atoms with Gasteiger partial charge in [0.2, 0.25) is 0 Å². The standard InChI is InChI=1S/C26H18ClFN2O4/c1-34-21-10-9-14(27)11-18(21)24(31)22-23(19-13-29-20-8-3-2-7-17(19)20)30(26(33)25(22)32)16-6-4-5-15(28)12-16/h2-13,23,29,31H,1H3/b24-22+. The van der Waals surface area contributed by atoms with Crippen LogP contribution in [0.4, 0.5) is 10.1 Å². The molecule has 1 fully saturated rings. The molecule has 1 amide bonds. The molecular weight excluding hydrogens is 459 g/mol. The molecule has 6 nitrogen and oxygen atoms in total. The zero-order valence-corrected chi connectivity index (χ0v) is 18.6. The zero-order valence-electron chi connectivity index (χ0n) is 17.9. The van der Waals surface area contributed by atoms with Crippen LogP contribution in [0.2, 0.25) is 5.02 Å². The molecule has 2 N–H and O–H groups in total. The number of nitrogens with one attached hydrogen (secondary N) is 1. The van der Waals surface area contributed by atoms with Crippen molar-refractivity contribution >= 4 is 45.6 Å². The first-order chi connectivity index (χ1) is 16.4. The normalized spacial score (nSPS) is 17.5. The zero-order chi connectivity index (χ0) is 24.0. The molecule has 1 saturated heterocycles. The highest BCUT2D eigenvalue weighted by atomic mass is 35.5.